The summed E-state index contributed by atoms with van der Waals surface area (Å²) in [5.41, 5.74) is -0.162. The first-order chi connectivity index (χ1) is 8.52. The maximum absolute atomic E-state index is 13.7. The molecule has 0 aromatic heterocycles. The Morgan fingerprint density at radius 1 is 1.39 bits per heavy atom. The van der Waals surface area contributed by atoms with Gasteiger partial charge in [0.25, 0.3) is 0 Å². The van der Waals surface area contributed by atoms with Gasteiger partial charge in [-0.15, -0.1) is 0 Å². The zero-order valence-corrected chi connectivity index (χ0v) is 12.2. The van der Waals surface area contributed by atoms with Crippen LogP contribution in [0.25, 0.3) is 0 Å². The molecule has 1 heterocycles. The molecule has 100 valence electrons. The molecule has 0 amide bonds. The zero-order chi connectivity index (χ0) is 13.2. The Labute approximate surface area is 116 Å². The molecule has 0 saturated carbocycles. The minimum absolute atomic E-state index is 0.232. The monoisotopic (exact) mass is 315 g/mol. The topological polar surface area (TPSA) is 23.5 Å². The van der Waals surface area contributed by atoms with E-state index in [4.69, 9.17) is 0 Å². The van der Waals surface area contributed by atoms with Crippen LogP contribution in [-0.4, -0.2) is 35.2 Å². The number of rotatable bonds is 3. The number of hydrogen-bond donors (Lipinski definition) is 1. The smallest absolute Gasteiger partial charge is 0.126 e. The lowest BCUT2D eigenvalue weighted by Crippen LogP contribution is -2.45. The first kappa shape index (κ1) is 14.0. The summed E-state index contributed by atoms with van der Waals surface area (Å²) in [6, 6.07) is 4.89. The van der Waals surface area contributed by atoms with Crippen molar-refractivity contribution in [1.82, 2.24) is 4.90 Å². The van der Waals surface area contributed by atoms with Crippen molar-refractivity contribution in [3.63, 3.8) is 0 Å². The van der Waals surface area contributed by atoms with E-state index in [0.717, 1.165) is 24.1 Å². The second-order valence-electron chi connectivity index (χ2n) is 5.07. The third kappa shape index (κ3) is 3.31. The molecular formula is C14H19BrFNO. The number of halogens is 2. The third-order valence-electron chi connectivity index (χ3n) is 3.76. The van der Waals surface area contributed by atoms with Crippen LogP contribution in [0.3, 0.4) is 0 Å². The molecule has 1 saturated heterocycles. The predicted molar refractivity (Wildman–Crippen MR) is 74.1 cm³/mol. The van der Waals surface area contributed by atoms with E-state index in [9.17, 15) is 9.50 Å². The minimum Gasteiger partial charge on any atom is -0.389 e. The molecule has 1 aromatic rings. The van der Waals surface area contributed by atoms with Gasteiger partial charge >= 0.3 is 0 Å². The predicted octanol–water partition coefficient (Wildman–Crippen LogP) is 2.98. The fourth-order valence-corrected chi connectivity index (χ4v) is 2.90. The van der Waals surface area contributed by atoms with Gasteiger partial charge in [0.15, 0.2) is 0 Å². The summed E-state index contributed by atoms with van der Waals surface area (Å²) in [7, 11) is 0. The molecule has 1 aliphatic heterocycles. The average molecular weight is 316 g/mol. The van der Waals surface area contributed by atoms with Gasteiger partial charge in [0.2, 0.25) is 0 Å². The van der Waals surface area contributed by atoms with Crippen LogP contribution in [0.2, 0.25) is 0 Å². The van der Waals surface area contributed by atoms with E-state index in [1.807, 2.05) is 0 Å². The van der Waals surface area contributed by atoms with Crippen molar-refractivity contribution < 1.29 is 9.50 Å². The molecule has 1 aliphatic rings. The van der Waals surface area contributed by atoms with Crippen LogP contribution in [0, 0.1) is 5.82 Å². The van der Waals surface area contributed by atoms with Crippen LogP contribution in [0.15, 0.2) is 22.7 Å². The molecule has 4 heteroatoms. The van der Waals surface area contributed by atoms with Crippen molar-refractivity contribution in [1.29, 1.82) is 0 Å². The number of likely N-dealkylation sites (tertiary alicyclic amines) is 1. The molecule has 0 unspecified atom stereocenters. The van der Waals surface area contributed by atoms with Crippen molar-refractivity contribution in [2.45, 2.75) is 31.8 Å². The molecule has 0 atom stereocenters. The normalized spacial score (nSPS) is 20.0. The van der Waals surface area contributed by atoms with Crippen molar-refractivity contribution in [2.24, 2.45) is 0 Å². The molecule has 2 rings (SSSR count). The van der Waals surface area contributed by atoms with E-state index in [0.29, 0.717) is 24.8 Å². The summed E-state index contributed by atoms with van der Waals surface area (Å²) in [6.07, 6.45) is 1.83. The summed E-state index contributed by atoms with van der Waals surface area (Å²) in [4.78, 5) is 2.31. The van der Waals surface area contributed by atoms with Gasteiger partial charge in [0, 0.05) is 24.0 Å². The van der Waals surface area contributed by atoms with Crippen molar-refractivity contribution in [2.75, 3.05) is 19.6 Å². The molecule has 2 nitrogen and oxygen atoms in total. The summed E-state index contributed by atoms with van der Waals surface area (Å²) in [5, 5.41) is 10.5. The zero-order valence-electron chi connectivity index (χ0n) is 10.6. The van der Waals surface area contributed by atoms with Gasteiger partial charge in [-0.2, -0.15) is 0 Å². The van der Waals surface area contributed by atoms with E-state index < -0.39 is 5.60 Å². The lowest BCUT2D eigenvalue weighted by molar-refractivity contribution is -0.0199. The Bertz CT molecular complexity index is 416. The molecule has 1 fully saturated rings. The molecule has 0 aliphatic carbocycles. The van der Waals surface area contributed by atoms with E-state index in [1.165, 1.54) is 6.07 Å². The van der Waals surface area contributed by atoms with E-state index in [-0.39, 0.29) is 5.82 Å². The molecule has 0 spiro atoms. The van der Waals surface area contributed by atoms with Gasteiger partial charge in [0.1, 0.15) is 5.82 Å². The SMILES string of the molecule is CCN1CCC(O)(Cc2cc(Br)ccc2F)CC1. The van der Waals surface area contributed by atoms with Crippen LogP contribution >= 0.6 is 15.9 Å². The molecular weight excluding hydrogens is 297 g/mol. The fourth-order valence-electron chi connectivity index (χ4n) is 2.50. The number of benzene rings is 1. The molecule has 1 aromatic carbocycles. The van der Waals surface area contributed by atoms with Crippen molar-refractivity contribution >= 4 is 15.9 Å². The highest BCUT2D eigenvalue weighted by atomic mass is 79.9. The van der Waals surface area contributed by atoms with Gasteiger partial charge in [-0.1, -0.05) is 22.9 Å². The maximum atomic E-state index is 13.7. The fraction of sp³-hybridized carbons (Fsp3) is 0.571. The Morgan fingerprint density at radius 2 is 2.06 bits per heavy atom. The third-order valence-corrected chi connectivity index (χ3v) is 4.25. The van der Waals surface area contributed by atoms with Gasteiger partial charge in [-0.3, -0.25) is 0 Å². The van der Waals surface area contributed by atoms with Gasteiger partial charge in [0.05, 0.1) is 5.60 Å². The van der Waals surface area contributed by atoms with E-state index >= 15 is 0 Å². The molecule has 1 N–H and O–H groups in total. The van der Waals surface area contributed by atoms with Crippen molar-refractivity contribution in [3.05, 3.63) is 34.1 Å². The Morgan fingerprint density at radius 3 is 2.67 bits per heavy atom. The highest BCUT2D eigenvalue weighted by Crippen LogP contribution is 2.28. The van der Waals surface area contributed by atoms with Crippen LogP contribution in [0.5, 0.6) is 0 Å². The van der Waals surface area contributed by atoms with Gasteiger partial charge in [-0.25, -0.2) is 4.39 Å². The number of piperidine rings is 1. The molecule has 18 heavy (non-hydrogen) atoms. The minimum atomic E-state index is -0.757. The first-order valence-electron chi connectivity index (χ1n) is 6.41. The van der Waals surface area contributed by atoms with E-state index in [2.05, 4.69) is 27.8 Å². The van der Waals surface area contributed by atoms with Crippen LogP contribution in [0.1, 0.15) is 25.3 Å². The Hall–Kier alpha value is -0.450. The molecule has 0 bridgehead atoms. The second kappa shape index (κ2) is 5.68. The molecule has 0 radical (unpaired) electrons. The highest BCUT2D eigenvalue weighted by molar-refractivity contribution is 9.10. The lowest BCUT2D eigenvalue weighted by Gasteiger charge is -2.38. The van der Waals surface area contributed by atoms with Crippen LogP contribution < -0.4 is 0 Å². The number of aliphatic hydroxyl groups is 1. The van der Waals surface area contributed by atoms with Crippen LogP contribution in [-0.2, 0) is 6.42 Å². The van der Waals surface area contributed by atoms with Gasteiger partial charge in [-0.05, 0) is 43.1 Å². The summed E-state index contributed by atoms with van der Waals surface area (Å²) >= 11 is 3.34. The largest absolute Gasteiger partial charge is 0.389 e. The summed E-state index contributed by atoms with van der Waals surface area (Å²) in [5.74, 6) is -0.232. The lowest BCUT2D eigenvalue weighted by atomic mass is 9.85. The Kier molecular flexibility index (Phi) is 4.41. The summed E-state index contributed by atoms with van der Waals surface area (Å²) < 4.78 is 14.6. The highest BCUT2D eigenvalue weighted by Gasteiger charge is 2.32. The summed E-state index contributed by atoms with van der Waals surface area (Å²) in [6.45, 7) is 4.92. The standard InChI is InChI=1S/C14H19BrFNO/c1-2-17-7-5-14(18,6-8-17)10-11-9-12(15)3-4-13(11)16/h3-4,9,18H,2,5-8,10H2,1H3. The maximum Gasteiger partial charge on any atom is 0.126 e. The average Bonchev–Trinajstić information content (AvgIpc) is 2.35. The van der Waals surface area contributed by atoms with Crippen molar-refractivity contribution in [3.8, 4) is 0 Å². The van der Waals surface area contributed by atoms with Gasteiger partial charge < -0.3 is 10.0 Å². The first-order valence-corrected chi connectivity index (χ1v) is 7.20. The van der Waals surface area contributed by atoms with Crippen LogP contribution in [0.4, 0.5) is 4.39 Å². The quantitative estimate of drug-likeness (QED) is 0.927. The second-order valence-corrected chi connectivity index (χ2v) is 5.99. The Balaban J connectivity index is 2.06. The van der Waals surface area contributed by atoms with E-state index in [1.54, 1.807) is 12.1 Å². The number of nitrogens with zero attached hydrogens (tertiary/aromatic N) is 1. The number of hydrogen-bond acceptors (Lipinski definition) is 2.